The molecule has 1 aromatic heterocycles. The molecule has 19 heavy (non-hydrogen) atoms. The maximum Gasteiger partial charge on any atom is 0.244 e. The molecule has 2 atom stereocenters. The summed E-state index contributed by atoms with van der Waals surface area (Å²) in [6.07, 6.45) is 4.61. The van der Waals surface area contributed by atoms with E-state index in [9.17, 15) is 5.11 Å². The summed E-state index contributed by atoms with van der Waals surface area (Å²) >= 11 is 0. The maximum absolute atomic E-state index is 10.2. The summed E-state index contributed by atoms with van der Waals surface area (Å²) in [5.41, 5.74) is 5.90. The van der Waals surface area contributed by atoms with Gasteiger partial charge in [0.25, 0.3) is 0 Å². The van der Waals surface area contributed by atoms with Crippen molar-refractivity contribution in [2.45, 2.75) is 44.2 Å². The fourth-order valence-electron chi connectivity index (χ4n) is 2.47. The van der Waals surface area contributed by atoms with Crippen LogP contribution in [0.3, 0.4) is 0 Å². The number of ether oxygens (including phenoxy) is 1. The molecule has 0 aliphatic heterocycles. The first-order valence-electron chi connectivity index (χ1n) is 6.85. The Hall–Kier alpha value is -1.34. The van der Waals surface area contributed by atoms with Crippen LogP contribution in [0.2, 0.25) is 0 Å². The first-order chi connectivity index (χ1) is 9.22. The number of rotatable bonds is 5. The highest BCUT2D eigenvalue weighted by Gasteiger charge is 2.26. The van der Waals surface area contributed by atoms with Crippen LogP contribution < -0.4 is 11.1 Å². The summed E-state index contributed by atoms with van der Waals surface area (Å²) in [6, 6.07) is -0.0621. The zero-order chi connectivity index (χ0) is 13.7. The fraction of sp³-hybridized carbons (Fsp3) is 0.833. The van der Waals surface area contributed by atoms with Crippen LogP contribution in [0.4, 0.5) is 11.9 Å². The van der Waals surface area contributed by atoms with Gasteiger partial charge < -0.3 is 20.9 Å². The van der Waals surface area contributed by atoms with Gasteiger partial charge in [-0.25, -0.2) is 4.68 Å². The fourth-order valence-corrected chi connectivity index (χ4v) is 2.47. The lowest BCUT2D eigenvalue weighted by molar-refractivity contribution is 0.100. The van der Waals surface area contributed by atoms with Crippen molar-refractivity contribution in [3.63, 3.8) is 0 Å². The lowest BCUT2D eigenvalue weighted by Gasteiger charge is -2.20. The second-order valence-corrected chi connectivity index (χ2v) is 4.93. The molecular weight excluding hydrogens is 246 g/mol. The summed E-state index contributed by atoms with van der Waals surface area (Å²) in [7, 11) is 1.64. The van der Waals surface area contributed by atoms with Gasteiger partial charge in [-0.05, 0) is 12.8 Å². The molecule has 7 nitrogen and oxygen atoms in total. The smallest absolute Gasteiger partial charge is 0.244 e. The van der Waals surface area contributed by atoms with Crippen LogP contribution in [0.1, 0.15) is 38.1 Å². The molecule has 1 aliphatic rings. The van der Waals surface area contributed by atoms with Crippen LogP contribution in [-0.2, 0) is 4.74 Å². The lowest BCUT2D eigenvalue weighted by atomic mass is 10.1. The number of nitrogens with zero attached hydrogens (tertiary/aromatic N) is 3. The highest BCUT2D eigenvalue weighted by atomic mass is 16.5. The van der Waals surface area contributed by atoms with Crippen LogP contribution >= 0.6 is 0 Å². The van der Waals surface area contributed by atoms with E-state index in [1.165, 1.54) is 0 Å². The Morgan fingerprint density at radius 2 is 2.21 bits per heavy atom. The van der Waals surface area contributed by atoms with E-state index in [1.54, 1.807) is 11.8 Å². The Bertz CT molecular complexity index is 395. The molecule has 7 heteroatoms. The molecule has 1 fully saturated rings. The highest BCUT2D eigenvalue weighted by molar-refractivity contribution is 5.31. The molecule has 2 unspecified atom stereocenters. The van der Waals surface area contributed by atoms with Crippen molar-refractivity contribution in [3.05, 3.63) is 0 Å². The highest BCUT2D eigenvalue weighted by Crippen LogP contribution is 2.28. The molecule has 0 amide bonds. The lowest BCUT2D eigenvalue weighted by Crippen LogP contribution is -2.25. The van der Waals surface area contributed by atoms with Crippen molar-refractivity contribution in [1.29, 1.82) is 0 Å². The number of aliphatic hydroxyl groups is 1. The third-order valence-electron chi connectivity index (χ3n) is 3.51. The molecule has 0 saturated heterocycles. The molecule has 0 bridgehead atoms. The van der Waals surface area contributed by atoms with Crippen molar-refractivity contribution in [1.82, 2.24) is 14.8 Å². The van der Waals surface area contributed by atoms with Crippen molar-refractivity contribution < 1.29 is 9.84 Å². The molecule has 1 saturated carbocycles. The zero-order valence-electron chi connectivity index (χ0n) is 11.4. The van der Waals surface area contributed by atoms with Crippen LogP contribution in [0.15, 0.2) is 0 Å². The first-order valence-corrected chi connectivity index (χ1v) is 6.85. The monoisotopic (exact) mass is 269 g/mol. The van der Waals surface area contributed by atoms with Gasteiger partial charge in [-0.1, -0.05) is 19.3 Å². The van der Waals surface area contributed by atoms with Gasteiger partial charge in [-0.2, -0.15) is 4.98 Å². The number of hydrogen-bond acceptors (Lipinski definition) is 6. The van der Waals surface area contributed by atoms with E-state index in [-0.39, 0.29) is 6.04 Å². The van der Waals surface area contributed by atoms with E-state index >= 15 is 0 Å². The van der Waals surface area contributed by atoms with Crippen molar-refractivity contribution in [2.75, 3.05) is 31.3 Å². The molecule has 1 aromatic rings. The SMILES string of the molecule is COCCNc1nc(N)n(C2CCCCCC2O)n1. The zero-order valence-corrected chi connectivity index (χ0v) is 11.4. The van der Waals surface area contributed by atoms with Crippen LogP contribution in [0, 0.1) is 0 Å². The van der Waals surface area contributed by atoms with Gasteiger partial charge in [0.15, 0.2) is 0 Å². The second-order valence-electron chi connectivity index (χ2n) is 4.93. The molecule has 1 aliphatic carbocycles. The summed E-state index contributed by atoms with van der Waals surface area (Å²) in [6.45, 7) is 1.22. The number of aromatic nitrogens is 3. The largest absolute Gasteiger partial charge is 0.391 e. The molecule has 0 radical (unpaired) electrons. The number of aliphatic hydroxyl groups excluding tert-OH is 1. The molecule has 0 spiro atoms. The predicted octanol–water partition coefficient (Wildman–Crippen LogP) is 0.785. The number of methoxy groups -OCH3 is 1. The third-order valence-corrected chi connectivity index (χ3v) is 3.51. The average Bonchev–Trinajstić information content (AvgIpc) is 2.61. The van der Waals surface area contributed by atoms with Gasteiger partial charge in [-0.15, -0.1) is 5.10 Å². The molecule has 2 rings (SSSR count). The molecule has 0 aromatic carbocycles. The molecule has 4 N–H and O–H groups in total. The average molecular weight is 269 g/mol. The van der Waals surface area contributed by atoms with Gasteiger partial charge in [0, 0.05) is 13.7 Å². The Labute approximate surface area is 113 Å². The first kappa shape index (κ1) is 14.1. The standard InChI is InChI=1S/C12H23N5O2/c1-19-8-7-14-12-15-11(13)17(16-12)9-5-3-2-4-6-10(9)18/h9-10,18H,2-8H2,1H3,(H3,13,14,15,16). The van der Waals surface area contributed by atoms with Gasteiger partial charge in [0.2, 0.25) is 11.9 Å². The van der Waals surface area contributed by atoms with Gasteiger partial charge in [0.05, 0.1) is 18.8 Å². The summed E-state index contributed by atoms with van der Waals surface area (Å²) < 4.78 is 6.61. The van der Waals surface area contributed by atoms with Crippen LogP contribution in [-0.4, -0.2) is 46.2 Å². The van der Waals surface area contributed by atoms with E-state index in [0.29, 0.717) is 25.0 Å². The van der Waals surface area contributed by atoms with E-state index in [1.807, 2.05) is 0 Å². The van der Waals surface area contributed by atoms with E-state index in [4.69, 9.17) is 10.5 Å². The normalized spacial score (nSPS) is 24.1. The van der Waals surface area contributed by atoms with Crippen LogP contribution in [0.25, 0.3) is 0 Å². The van der Waals surface area contributed by atoms with Crippen LogP contribution in [0.5, 0.6) is 0 Å². The summed E-state index contributed by atoms with van der Waals surface area (Å²) in [4.78, 5) is 4.17. The quantitative estimate of drug-likeness (QED) is 0.540. The Balaban J connectivity index is 2.05. The summed E-state index contributed by atoms with van der Waals surface area (Å²) in [5.74, 6) is 0.844. The van der Waals surface area contributed by atoms with E-state index in [0.717, 1.165) is 32.1 Å². The minimum atomic E-state index is -0.390. The van der Waals surface area contributed by atoms with Crippen molar-refractivity contribution in [2.24, 2.45) is 0 Å². The number of nitrogens with two attached hydrogens (primary N) is 1. The number of nitrogen functional groups attached to an aromatic ring is 1. The van der Waals surface area contributed by atoms with E-state index < -0.39 is 6.10 Å². The number of nitrogens with one attached hydrogen (secondary N) is 1. The van der Waals surface area contributed by atoms with Crippen molar-refractivity contribution in [3.8, 4) is 0 Å². The van der Waals surface area contributed by atoms with Crippen molar-refractivity contribution >= 4 is 11.9 Å². The maximum atomic E-state index is 10.2. The Kier molecular flexibility index (Phi) is 4.98. The molecule has 1 heterocycles. The van der Waals surface area contributed by atoms with E-state index in [2.05, 4.69) is 15.4 Å². The summed E-state index contributed by atoms with van der Waals surface area (Å²) in [5, 5.41) is 17.6. The second kappa shape index (κ2) is 6.72. The topological polar surface area (TPSA) is 98.2 Å². The Morgan fingerprint density at radius 1 is 1.42 bits per heavy atom. The molecular formula is C12H23N5O2. The van der Waals surface area contributed by atoms with Gasteiger partial charge >= 0.3 is 0 Å². The number of hydrogen-bond donors (Lipinski definition) is 3. The minimum absolute atomic E-state index is 0.0621. The third kappa shape index (κ3) is 3.57. The predicted molar refractivity (Wildman–Crippen MR) is 72.9 cm³/mol. The van der Waals surface area contributed by atoms with Gasteiger partial charge in [-0.3, -0.25) is 0 Å². The number of anilines is 2. The minimum Gasteiger partial charge on any atom is -0.391 e. The van der Waals surface area contributed by atoms with Gasteiger partial charge in [0.1, 0.15) is 0 Å². The Morgan fingerprint density at radius 3 is 3.00 bits per heavy atom. The molecule has 108 valence electrons.